The molecule has 0 bridgehead atoms. The quantitative estimate of drug-likeness (QED) is 0.610. The molecule has 0 saturated heterocycles. The van der Waals surface area contributed by atoms with Crippen molar-refractivity contribution in [3.63, 3.8) is 0 Å². The first kappa shape index (κ1) is 12.4. The molecule has 0 aliphatic rings. The van der Waals surface area contributed by atoms with E-state index in [9.17, 15) is 4.79 Å². The van der Waals surface area contributed by atoms with Crippen molar-refractivity contribution in [1.82, 2.24) is 5.32 Å². The van der Waals surface area contributed by atoms with Gasteiger partial charge in [-0.1, -0.05) is 0 Å². The SMILES string of the molecule is COc1ccc(C(C)=O)cc1CNC(N)=S. The lowest BCUT2D eigenvalue weighted by molar-refractivity contribution is 0.101. The molecule has 0 aromatic heterocycles. The van der Waals surface area contributed by atoms with Gasteiger partial charge in [0.05, 0.1) is 7.11 Å². The molecule has 0 aliphatic carbocycles. The van der Waals surface area contributed by atoms with Gasteiger partial charge in [0.25, 0.3) is 0 Å². The standard InChI is InChI=1S/C11H14N2O2S/c1-7(14)8-3-4-10(15-2)9(5-8)6-13-11(12)16/h3-5H,6H2,1-2H3,(H3,12,13,16). The second kappa shape index (κ2) is 5.46. The number of hydrogen-bond donors (Lipinski definition) is 2. The fraction of sp³-hybridized carbons (Fsp3) is 0.273. The number of ether oxygens (including phenoxy) is 1. The van der Waals surface area contributed by atoms with Crippen LogP contribution in [0.2, 0.25) is 0 Å². The molecule has 0 radical (unpaired) electrons. The summed E-state index contributed by atoms with van der Waals surface area (Å²) in [7, 11) is 1.58. The maximum atomic E-state index is 11.2. The second-order valence-electron chi connectivity index (χ2n) is 3.30. The minimum absolute atomic E-state index is 0.0132. The van der Waals surface area contributed by atoms with Crippen LogP contribution in [0.15, 0.2) is 18.2 Å². The minimum Gasteiger partial charge on any atom is -0.496 e. The predicted molar refractivity (Wildman–Crippen MR) is 66.6 cm³/mol. The predicted octanol–water partition coefficient (Wildman–Crippen LogP) is 1.23. The van der Waals surface area contributed by atoms with E-state index in [4.69, 9.17) is 22.7 Å². The number of thiocarbonyl (C=S) groups is 1. The Morgan fingerprint density at radius 2 is 2.25 bits per heavy atom. The number of Topliss-reactive ketones (excluding diaryl/α,β-unsaturated/α-hetero) is 1. The van der Waals surface area contributed by atoms with Crippen LogP contribution in [-0.2, 0) is 6.54 Å². The molecule has 1 aromatic carbocycles. The molecule has 0 heterocycles. The van der Waals surface area contributed by atoms with Gasteiger partial charge in [-0.05, 0) is 37.3 Å². The average molecular weight is 238 g/mol. The summed E-state index contributed by atoms with van der Waals surface area (Å²) >= 11 is 4.72. The van der Waals surface area contributed by atoms with Gasteiger partial charge in [0.2, 0.25) is 0 Å². The summed E-state index contributed by atoms with van der Waals surface area (Å²) in [5, 5.41) is 3.04. The largest absolute Gasteiger partial charge is 0.496 e. The van der Waals surface area contributed by atoms with E-state index in [1.54, 1.807) is 25.3 Å². The summed E-state index contributed by atoms with van der Waals surface area (Å²) in [5.41, 5.74) is 6.83. The molecule has 0 saturated carbocycles. The highest BCUT2D eigenvalue weighted by atomic mass is 32.1. The number of carbonyl (C=O) groups is 1. The lowest BCUT2D eigenvalue weighted by atomic mass is 10.1. The molecule has 0 fully saturated rings. The first-order valence-electron chi connectivity index (χ1n) is 4.75. The van der Waals surface area contributed by atoms with Gasteiger partial charge in [0, 0.05) is 17.7 Å². The fourth-order valence-electron chi connectivity index (χ4n) is 1.32. The van der Waals surface area contributed by atoms with Gasteiger partial charge in [-0.25, -0.2) is 0 Å². The third-order valence-electron chi connectivity index (χ3n) is 2.14. The van der Waals surface area contributed by atoms with Crippen LogP contribution in [0.4, 0.5) is 0 Å². The first-order valence-corrected chi connectivity index (χ1v) is 5.16. The number of hydrogen-bond acceptors (Lipinski definition) is 3. The zero-order valence-electron chi connectivity index (χ0n) is 9.24. The molecule has 4 nitrogen and oxygen atoms in total. The van der Waals surface area contributed by atoms with Crippen LogP contribution in [0.1, 0.15) is 22.8 Å². The number of rotatable bonds is 4. The molecule has 1 rings (SSSR count). The molecule has 0 spiro atoms. The van der Waals surface area contributed by atoms with Crippen molar-refractivity contribution < 1.29 is 9.53 Å². The zero-order valence-corrected chi connectivity index (χ0v) is 10.1. The highest BCUT2D eigenvalue weighted by Gasteiger charge is 2.07. The van der Waals surface area contributed by atoms with Crippen molar-refractivity contribution in [1.29, 1.82) is 0 Å². The molecule has 0 unspecified atom stereocenters. The second-order valence-corrected chi connectivity index (χ2v) is 3.74. The van der Waals surface area contributed by atoms with Gasteiger partial charge in [-0.15, -0.1) is 0 Å². The molecule has 5 heteroatoms. The molecule has 0 atom stereocenters. The lowest BCUT2D eigenvalue weighted by Gasteiger charge is -2.10. The Morgan fingerprint density at radius 3 is 2.75 bits per heavy atom. The average Bonchev–Trinajstić information content (AvgIpc) is 2.25. The third kappa shape index (κ3) is 3.20. The Labute approximate surface area is 99.8 Å². The molecular formula is C11H14N2O2S. The summed E-state index contributed by atoms with van der Waals surface area (Å²) in [6.07, 6.45) is 0. The maximum Gasteiger partial charge on any atom is 0.163 e. The molecule has 3 N–H and O–H groups in total. The van der Waals surface area contributed by atoms with Gasteiger partial charge in [-0.3, -0.25) is 4.79 Å². The third-order valence-corrected chi connectivity index (χ3v) is 2.28. The van der Waals surface area contributed by atoms with Crippen LogP contribution in [0, 0.1) is 0 Å². The van der Waals surface area contributed by atoms with Crippen LogP contribution < -0.4 is 15.8 Å². The smallest absolute Gasteiger partial charge is 0.163 e. The Hall–Kier alpha value is -1.62. The van der Waals surface area contributed by atoms with E-state index in [2.05, 4.69) is 5.32 Å². The van der Waals surface area contributed by atoms with Gasteiger partial charge >= 0.3 is 0 Å². The Kier molecular flexibility index (Phi) is 4.25. The number of ketones is 1. The summed E-state index contributed by atoms with van der Waals surface area (Å²) in [5.74, 6) is 0.716. The van der Waals surface area contributed by atoms with E-state index in [1.807, 2.05) is 0 Å². The summed E-state index contributed by atoms with van der Waals surface area (Å²) in [4.78, 5) is 11.2. The number of carbonyl (C=O) groups excluding carboxylic acids is 1. The van der Waals surface area contributed by atoms with Crippen LogP contribution in [-0.4, -0.2) is 18.0 Å². The van der Waals surface area contributed by atoms with E-state index in [-0.39, 0.29) is 10.9 Å². The van der Waals surface area contributed by atoms with Crippen molar-refractivity contribution in [2.24, 2.45) is 5.73 Å². The first-order chi connectivity index (χ1) is 7.54. The van der Waals surface area contributed by atoms with Crippen LogP contribution in [0.25, 0.3) is 0 Å². The molecular weight excluding hydrogens is 224 g/mol. The van der Waals surface area contributed by atoms with E-state index in [1.165, 1.54) is 6.92 Å². The van der Waals surface area contributed by atoms with Crippen molar-refractivity contribution in [2.75, 3.05) is 7.11 Å². The van der Waals surface area contributed by atoms with Gasteiger partial charge < -0.3 is 15.8 Å². The summed E-state index contributed by atoms with van der Waals surface area (Å²) < 4.78 is 5.18. The normalized spacial score (nSPS) is 9.62. The number of benzene rings is 1. The highest BCUT2D eigenvalue weighted by Crippen LogP contribution is 2.19. The molecule has 0 amide bonds. The molecule has 16 heavy (non-hydrogen) atoms. The number of methoxy groups -OCH3 is 1. The van der Waals surface area contributed by atoms with Crippen LogP contribution >= 0.6 is 12.2 Å². The maximum absolute atomic E-state index is 11.2. The van der Waals surface area contributed by atoms with E-state index < -0.39 is 0 Å². The summed E-state index contributed by atoms with van der Waals surface area (Å²) in [6.45, 7) is 1.96. The Morgan fingerprint density at radius 1 is 1.56 bits per heavy atom. The van der Waals surface area contributed by atoms with E-state index >= 15 is 0 Å². The highest BCUT2D eigenvalue weighted by molar-refractivity contribution is 7.80. The lowest BCUT2D eigenvalue weighted by Crippen LogP contribution is -2.28. The monoisotopic (exact) mass is 238 g/mol. The van der Waals surface area contributed by atoms with Crippen molar-refractivity contribution >= 4 is 23.1 Å². The topological polar surface area (TPSA) is 64.3 Å². The molecule has 0 aliphatic heterocycles. The van der Waals surface area contributed by atoms with Gasteiger partial charge in [0.15, 0.2) is 10.9 Å². The Bertz CT molecular complexity index is 418. The zero-order chi connectivity index (χ0) is 12.1. The minimum atomic E-state index is 0.0132. The van der Waals surface area contributed by atoms with Crippen LogP contribution in [0.3, 0.4) is 0 Å². The van der Waals surface area contributed by atoms with Crippen molar-refractivity contribution in [2.45, 2.75) is 13.5 Å². The molecule has 1 aromatic rings. The molecule has 86 valence electrons. The van der Waals surface area contributed by atoms with Gasteiger partial charge in [0.1, 0.15) is 5.75 Å². The summed E-state index contributed by atoms with van der Waals surface area (Å²) in [6, 6.07) is 5.26. The fourth-order valence-corrected chi connectivity index (χ4v) is 1.39. The van der Waals surface area contributed by atoms with Crippen LogP contribution in [0.5, 0.6) is 5.75 Å². The van der Waals surface area contributed by atoms with Gasteiger partial charge in [-0.2, -0.15) is 0 Å². The van der Waals surface area contributed by atoms with E-state index in [0.29, 0.717) is 17.9 Å². The Balaban J connectivity index is 2.97. The van der Waals surface area contributed by atoms with E-state index in [0.717, 1.165) is 5.56 Å². The number of nitrogens with one attached hydrogen (secondary N) is 1. The number of nitrogens with two attached hydrogens (primary N) is 1. The van der Waals surface area contributed by atoms with Crippen molar-refractivity contribution in [3.8, 4) is 5.75 Å². The van der Waals surface area contributed by atoms with Crippen molar-refractivity contribution in [3.05, 3.63) is 29.3 Å².